The molecule has 0 bridgehead atoms. The highest BCUT2D eigenvalue weighted by Crippen LogP contribution is 2.26. The van der Waals surface area contributed by atoms with Crippen molar-refractivity contribution in [2.24, 2.45) is 0 Å². The predicted molar refractivity (Wildman–Crippen MR) is 70.2 cm³/mol. The summed E-state index contributed by atoms with van der Waals surface area (Å²) in [5, 5.41) is 3.23. The zero-order valence-corrected chi connectivity index (χ0v) is 11.0. The van der Waals surface area contributed by atoms with E-state index in [1.807, 2.05) is 16.8 Å². The lowest BCUT2D eigenvalue weighted by molar-refractivity contribution is 1.01. The lowest BCUT2D eigenvalue weighted by Crippen LogP contribution is -2.05. The highest BCUT2D eigenvalue weighted by atomic mass is 79.9. The molecular weight excluding hydrogens is 266 g/mol. The van der Waals surface area contributed by atoms with Gasteiger partial charge >= 0.3 is 0 Å². The van der Waals surface area contributed by atoms with Crippen molar-refractivity contribution in [1.82, 2.24) is 9.55 Å². The highest BCUT2D eigenvalue weighted by Gasteiger charge is 2.08. The van der Waals surface area contributed by atoms with E-state index in [2.05, 4.69) is 52.2 Å². The molecule has 1 heterocycles. The summed E-state index contributed by atoms with van der Waals surface area (Å²) in [5.41, 5.74) is 2.32. The molecule has 0 spiro atoms. The number of nitrogens with one attached hydrogen (secondary N) is 1. The first-order valence-corrected chi connectivity index (χ1v) is 6.06. The molecule has 2 rings (SSSR count). The zero-order valence-electron chi connectivity index (χ0n) is 9.37. The first-order chi connectivity index (χ1) is 7.74. The van der Waals surface area contributed by atoms with Crippen LogP contribution in [0.1, 0.15) is 12.5 Å². The second-order valence-corrected chi connectivity index (χ2v) is 4.35. The van der Waals surface area contributed by atoms with Crippen LogP contribution in [0.5, 0.6) is 0 Å². The number of nitrogens with zero attached hydrogens (tertiary/aromatic N) is 2. The number of hydrogen-bond acceptors (Lipinski definition) is 2. The van der Waals surface area contributed by atoms with Crippen LogP contribution in [-0.2, 0) is 0 Å². The van der Waals surface area contributed by atoms with Crippen LogP contribution in [0.3, 0.4) is 0 Å². The molecule has 1 N–H and O–H groups in total. The van der Waals surface area contributed by atoms with E-state index < -0.39 is 0 Å². The second kappa shape index (κ2) is 4.70. The monoisotopic (exact) mass is 279 g/mol. The van der Waals surface area contributed by atoms with Crippen molar-refractivity contribution in [2.75, 3.05) is 11.9 Å². The van der Waals surface area contributed by atoms with E-state index in [4.69, 9.17) is 0 Å². The van der Waals surface area contributed by atoms with Gasteiger partial charge in [-0.2, -0.15) is 0 Å². The maximum atomic E-state index is 4.28. The van der Waals surface area contributed by atoms with E-state index in [9.17, 15) is 0 Å². The Hall–Kier alpha value is -1.29. The minimum atomic E-state index is 0.862. The Bertz CT molecular complexity index is 491. The molecule has 3 nitrogen and oxygen atoms in total. The summed E-state index contributed by atoms with van der Waals surface area (Å²) in [6, 6.07) is 6.20. The third-order valence-corrected chi connectivity index (χ3v) is 3.44. The highest BCUT2D eigenvalue weighted by molar-refractivity contribution is 9.10. The fraction of sp³-hybridized carbons (Fsp3) is 0.250. The summed E-state index contributed by atoms with van der Waals surface area (Å²) in [4.78, 5) is 4.28. The molecule has 0 fully saturated rings. The van der Waals surface area contributed by atoms with Crippen LogP contribution in [0, 0.1) is 6.92 Å². The molecule has 4 heteroatoms. The van der Waals surface area contributed by atoms with Crippen molar-refractivity contribution < 1.29 is 0 Å². The normalized spacial score (nSPS) is 10.4. The van der Waals surface area contributed by atoms with E-state index in [0.717, 1.165) is 22.7 Å². The van der Waals surface area contributed by atoms with Gasteiger partial charge in [0.1, 0.15) is 0 Å². The summed E-state index contributed by atoms with van der Waals surface area (Å²) in [5.74, 6) is 0.869. The minimum Gasteiger partial charge on any atom is -0.356 e. The number of benzene rings is 1. The van der Waals surface area contributed by atoms with Crippen LogP contribution in [-0.4, -0.2) is 16.1 Å². The van der Waals surface area contributed by atoms with Gasteiger partial charge in [-0.05, 0) is 41.4 Å². The number of halogens is 1. The number of aromatic nitrogens is 2. The molecule has 2 aromatic rings. The molecule has 0 radical (unpaired) electrons. The Morgan fingerprint density at radius 1 is 1.44 bits per heavy atom. The summed E-state index contributed by atoms with van der Waals surface area (Å²) >= 11 is 3.61. The van der Waals surface area contributed by atoms with Crippen molar-refractivity contribution in [2.45, 2.75) is 13.8 Å². The van der Waals surface area contributed by atoms with E-state index in [0.29, 0.717) is 0 Å². The van der Waals surface area contributed by atoms with Gasteiger partial charge in [0.05, 0.1) is 5.69 Å². The maximum Gasteiger partial charge on any atom is 0.207 e. The number of rotatable bonds is 3. The summed E-state index contributed by atoms with van der Waals surface area (Å²) in [6.45, 7) is 5.00. The van der Waals surface area contributed by atoms with E-state index >= 15 is 0 Å². The predicted octanol–water partition coefficient (Wildman–Crippen LogP) is 3.38. The first kappa shape index (κ1) is 11.2. The van der Waals surface area contributed by atoms with E-state index in [1.54, 1.807) is 6.20 Å². The van der Waals surface area contributed by atoms with Gasteiger partial charge in [-0.1, -0.05) is 12.1 Å². The molecule has 0 saturated carbocycles. The fourth-order valence-corrected chi connectivity index (χ4v) is 2.06. The molecule has 1 aromatic carbocycles. The fourth-order valence-electron chi connectivity index (χ4n) is 1.60. The standard InChI is InChI=1S/C12H14BrN3/c1-3-14-12-15-7-8-16(12)10-6-4-5-9(2)11(10)13/h4-8H,3H2,1-2H3,(H,14,15). The summed E-state index contributed by atoms with van der Waals surface area (Å²) in [6.07, 6.45) is 3.75. The number of hydrogen-bond donors (Lipinski definition) is 1. The average molecular weight is 280 g/mol. The molecule has 1 aromatic heterocycles. The molecule has 0 amide bonds. The second-order valence-electron chi connectivity index (χ2n) is 3.56. The van der Waals surface area contributed by atoms with E-state index in [1.165, 1.54) is 5.56 Å². The van der Waals surface area contributed by atoms with Gasteiger partial charge in [0, 0.05) is 23.4 Å². The lowest BCUT2D eigenvalue weighted by Gasteiger charge is -2.11. The first-order valence-electron chi connectivity index (χ1n) is 5.26. The summed E-state index contributed by atoms with van der Waals surface area (Å²) < 4.78 is 3.15. The Labute approximate surface area is 104 Å². The molecule has 84 valence electrons. The van der Waals surface area contributed by atoms with Crippen molar-refractivity contribution in [3.05, 3.63) is 40.6 Å². The molecule has 16 heavy (non-hydrogen) atoms. The molecule has 0 aliphatic carbocycles. The van der Waals surface area contributed by atoms with Crippen LogP contribution < -0.4 is 5.32 Å². The zero-order chi connectivity index (χ0) is 11.5. The van der Waals surface area contributed by atoms with Crippen LogP contribution in [0.15, 0.2) is 35.1 Å². The average Bonchev–Trinajstić information content (AvgIpc) is 2.71. The van der Waals surface area contributed by atoms with Crippen LogP contribution in [0.25, 0.3) is 5.69 Å². The van der Waals surface area contributed by atoms with Crippen molar-refractivity contribution in [1.29, 1.82) is 0 Å². The largest absolute Gasteiger partial charge is 0.356 e. The Morgan fingerprint density at radius 2 is 2.25 bits per heavy atom. The van der Waals surface area contributed by atoms with Crippen molar-refractivity contribution in [3.63, 3.8) is 0 Å². The maximum absolute atomic E-state index is 4.28. The van der Waals surface area contributed by atoms with Gasteiger partial charge in [0.25, 0.3) is 0 Å². The van der Waals surface area contributed by atoms with Gasteiger partial charge in [0.2, 0.25) is 5.95 Å². The number of imidazole rings is 1. The van der Waals surface area contributed by atoms with Crippen LogP contribution in [0.4, 0.5) is 5.95 Å². The van der Waals surface area contributed by atoms with Gasteiger partial charge in [0.15, 0.2) is 0 Å². The SMILES string of the molecule is CCNc1nccn1-c1cccc(C)c1Br. The molecular formula is C12H14BrN3. The smallest absolute Gasteiger partial charge is 0.207 e. The number of aryl methyl sites for hydroxylation is 1. The Morgan fingerprint density at radius 3 is 3.00 bits per heavy atom. The van der Waals surface area contributed by atoms with E-state index in [-0.39, 0.29) is 0 Å². The molecule has 0 atom stereocenters. The quantitative estimate of drug-likeness (QED) is 0.934. The Kier molecular flexibility index (Phi) is 3.29. The van der Waals surface area contributed by atoms with Gasteiger partial charge in [-0.15, -0.1) is 0 Å². The van der Waals surface area contributed by atoms with Crippen molar-refractivity contribution in [3.8, 4) is 5.69 Å². The third-order valence-electron chi connectivity index (χ3n) is 2.41. The van der Waals surface area contributed by atoms with Gasteiger partial charge < -0.3 is 5.32 Å². The molecule has 0 aliphatic heterocycles. The molecule has 0 aliphatic rings. The topological polar surface area (TPSA) is 29.9 Å². The van der Waals surface area contributed by atoms with Crippen LogP contribution >= 0.6 is 15.9 Å². The Balaban J connectivity index is 2.50. The van der Waals surface area contributed by atoms with Crippen molar-refractivity contribution >= 4 is 21.9 Å². The summed E-state index contributed by atoms with van der Waals surface area (Å²) in [7, 11) is 0. The van der Waals surface area contributed by atoms with Crippen LogP contribution in [0.2, 0.25) is 0 Å². The molecule has 0 saturated heterocycles. The molecule has 0 unspecified atom stereocenters. The number of anilines is 1. The van der Waals surface area contributed by atoms with Gasteiger partial charge in [-0.25, -0.2) is 4.98 Å². The minimum absolute atomic E-state index is 0.862. The van der Waals surface area contributed by atoms with Gasteiger partial charge in [-0.3, -0.25) is 4.57 Å². The lowest BCUT2D eigenvalue weighted by atomic mass is 10.2. The third kappa shape index (κ3) is 1.97.